The zero-order chi connectivity index (χ0) is 14.5. The summed E-state index contributed by atoms with van der Waals surface area (Å²) in [5, 5.41) is 5.48. The summed E-state index contributed by atoms with van der Waals surface area (Å²) in [5.74, 6) is -1.09. The van der Waals surface area contributed by atoms with Crippen LogP contribution in [0.25, 0.3) is 0 Å². The van der Waals surface area contributed by atoms with Gasteiger partial charge < -0.3 is 10.1 Å². The van der Waals surface area contributed by atoms with Crippen molar-refractivity contribution in [2.75, 3.05) is 33.4 Å². The number of hydrogen-bond acceptors (Lipinski definition) is 5. The van der Waals surface area contributed by atoms with Crippen molar-refractivity contribution in [1.29, 1.82) is 0 Å². The van der Waals surface area contributed by atoms with Crippen LogP contribution in [0.2, 0.25) is 0 Å². The van der Waals surface area contributed by atoms with Gasteiger partial charge in [-0.15, -0.1) is 0 Å². The average molecular weight is 271 g/mol. The number of carbonyl (C=O) groups is 3. The van der Waals surface area contributed by atoms with Crippen molar-refractivity contribution >= 4 is 17.7 Å². The number of rotatable bonds is 6. The molecule has 1 aliphatic heterocycles. The van der Waals surface area contributed by atoms with E-state index >= 15 is 0 Å². The van der Waals surface area contributed by atoms with E-state index in [1.807, 2.05) is 0 Å². The molecule has 0 spiro atoms. The molecule has 0 unspecified atom stereocenters. The highest BCUT2D eigenvalue weighted by Crippen LogP contribution is 2.12. The van der Waals surface area contributed by atoms with Gasteiger partial charge >= 0.3 is 0 Å². The van der Waals surface area contributed by atoms with Crippen LogP contribution >= 0.6 is 0 Å². The number of amides is 3. The van der Waals surface area contributed by atoms with Crippen LogP contribution in [0.15, 0.2) is 0 Å². The summed E-state index contributed by atoms with van der Waals surface area (Å²) in [7, 11) is 1.59. The minimum Gasteiger partial charge on any atom is -0.385 e. The summed E-state index contributed by atoms with van der Waals surface area (Å²) in [5.41, 5.74) is -0.815. The van der Waals surface area contributed by atoms with Crippen LogP contribution in [0.5, 0.6) is 0 Å². The Kier molecular flexibility index (Phi) is 5.44. The molecule has 0 radical (unpaired) electrons. The van der Waals surface area contributed by atoms with E-state index in [-0.39, 0.29) is 30.8 Å². The molecular formula is C12H21N3O4. The van der Waals surface area contributed by atoms with E-state index in [1.54, 1.807) is 21.0 Å². The Bertz CT molecular complexity index is 368. The van der Waals surface area contributed by atoms with E-state index in [2.05, 4.69) is 10.6 Å². The van der Waals surface area contributed by atoms with Gasteiger partial charge in [0.2, 0.25) is 17.7 Å². The molecule has 0 atom stereocenters. The zero-order valence-corrected chi connectivity index (χ0v) is 11.6. The van der Waals surface area contributed by atoms with Gasteiger partial charge in [-0.25, -0.2) is 0 Å². The van der Waals surface area contributed by atoms with Gasteiger partial charge in [0.25, 0.3) is 0 Å². The Balaban J connectivity index is 2.47. The van der Waals surface area contributed by atoms with Crippen LogP contribution in [0, 0.1) is 0 Å². The molecule has 3 amide bonds. The Morgan fingerprint density at radius 1 is 1.47 bits per heavy atom. The molecule has 1 fully saturated rings. The zero-order valence-electron chi connectivity index (χ0n) is 11.6. The van der Waals surface area contributed by atoms with Crippen LogP contribution in [0.1, 0.15) is 20.3 Å². The van der Waals surface area contributed by atoms with Gasteiger partial charge in [-0.1, -0.05) is 0 Å². The van der Waals surface area contributed by atoms with Gasteiger partial charge in [0.15, 0.2) is 0 Å². The molecule has 7 nitrogen and oxygen atoms in total. The van der Waals surface area contributed by atoms with Crippen LogP contribution in [-0.4, -0.2) is 61.5 Å². The van der Waals surface area contributed by atoms with Crippen LogP contribution in [0.4, 0.5) is 0 Å². The highest BCUT2D eigenvalue weighted by molar-refractivity contribution is 6.05. The first-order valence-electron chi connectivity index (χ1n) is 6.24. The molecule has 1 rings (SSSR count). The van der Waals surface area contributed by atoms with Crippen molar-refractivity contribution in [2.24, 2.45) is 0 Å². The van der Waals surface area contributed by atoms with Crippen molar-refractivity contribution < 1.29 is 19.1 Å². The fourth-order valence-corrected chi connectivity index (χ4v) is 1.72. The molecular weight excluding hydrogens is 250 g/mol. The molecule has 0 aromatic heterocycles. The SMILES string of the molecule is COCCCNC(=O)CN1C(=O)CNC(C)(C)C1=O. The van der Waals surface area contributed by atoms with Crippen molar-refractivity contribution in [3.63, 3.8) is 0 Å². The van der Waals surface area contributed by atoms with E-state index in [0.717, 1.165) is 4.90 Å². The van der Waals surface area contributed by atoms with Gasteiger partial charge in [0.05, 0.1) is 12.1 Å². The van der Waals surface area contributed by atoms with E-state index < -0.39 is 5.54 Å². The second-order valence-electron chi connectivity index (χ2n) is 4.96. The normalized spacial score (nSPS) is 18.6. The molecule has 1 heterocycles. The molecule has 0 saturated carbocycles. The van der Waals surface area contributed by atoms with E-state index in [0.29, 0.717) is 19.6 Å². The smallest absolute Gasteiger partial charge is 0.249 e. The molecule has 19 heavy (non-hydrogen) atoms. The fraction of sp³-hybridized carbons (Fsp3) is 0.750. The third-order valence-corrected chi connectivity index (χ3v) is 2.91. The van der Waals surface area contributed by atoms with Crippen LogP contribution in [-0.2, 0) is 19.1 Å². The second kappa shape index (κ2) is 6.63. The summed E-state index contributed by atoms with van der Waals surface area (Å²) in [4.78, 5) is 36.3. The number of imide groups is 1. The quantitative estimate of drug-likeness (QED) is 0.472. The van der Waals surface area contributed by atoms with E-state index in [1.165, 1.54) is 0 Å². The number of piperazine rings is 1. The highest BCUT2D eigenvalue weighted by Gasteiger charge is 2.40. The monoisotopic (exact) mass is 271 g/mol. The number of ether oxygens (including phenoxy) is 1. The lowest BCUT2D eigenvalue weighted by Crippen LogP contribution is -2.64. The lowest BCUT2D eigenvalue weighted by molar-refractivity contribution is -0.154. The molecule has 0 aliphatic carbocycles. The molecule has 1 aliphatic rings. The van der Waals surface area contributed by atoms with E-state index in [9.17, 15) is 14.4 Å². The predicted octanol–water partition coefficient (Wildman–Crippen LogP) is -1.12. The Morgan fingerprint density at radius 2 is 2.16 bits per heavy atom. The van der Waals surface area contributed by atoms with Gasteiger partial charge in [-0.05, 0) is 20.3 Å². The summed E-state index contributed by atoms with van der Waals surface area (Å²) in [6.45, 7) is 4.23. The van der Waals surface area contributed by atoms with Crippen molar-refractivity contribution in [1.82, 2.24) is 15.5 Å². The Morgan fingerprint density at radius 3 is 2.79 bits per heavy atom. The topological polar surface area (TPSA) is 87.7 Å². The second-order valence-corrected chi connectivity index (χ2v) is 4.96. The van der Waals surface area contributed by atoms with Gasteiger partial charge in [0.1, 0.15) is 6.54 Å². The number of nitrogens with zero attached hydrogens (tertiary/aromatic N) is 1. The van der Waals surface area contributed by atoms with E-state index in [4.69, 9.17) is 4.74 Å². The molecule has 1 saturated heterocycles. The third kappa shape index (κ3) is 4.29. The molecule has 0 aromatic carbocycles. The standard InChI is InChI=1S/C12H21N3O4/c1-12(2)11(18)15(10(17)7-14-12)8-9(16)13-5-4-6-19-3/h14H,4-8H2,1-3H3,(H,13,16). The van der Waals surface area contributed by atoms with Crippen LogP contribution < -0.4 is 10.6 Å². The molecule has 2 N–H and O–H groups in total. The number of nitrogens with one attached hydrogen (secondary N) is 2. The Labute approximate surface area is 112 Å². The predicted molar refractivity (Wildman–Crippen MR) is 68.3 cm³/mol. The summed E-state index contributed by atoms with van der Waals surface area (Å²) in [6.07, 6.45) is 0.692. The number of methoxy groups -OCH3 is 1. The first-order chi connectivity index (χ1) is 8.88. The minimum atomic E-state index is -0.815. The summed E-state index contributed by atoms with van der Waals surface area (Å²) >= 11 is 0. The largest absolute Gasteiger partial charge is 0.385 e. The summed E-state index contributed by atoms with van der Waals surface area (Å²) < 4.78 is 4.86. The van der Waals surface area contributed by atoms with Crippen molar-refractivity contribution in [2.45, 2.75) is 25.8 Å². The third-order valence-electron chi connectivity index (χ3n) is 2.91. The minimum absolute atomic E-state index is 0.0652. The Hall–Kier alpha value is -1.47. The molecule has 0 bridgehead atoms. The van der Waals surface area contributed by atoms with Gasteiger partial charge in [-0.3, -0.25) is 24.6 Å². The molecule has 7 heteroatoms. The maximum atomic E-state index is 12.0. The first kappa shape index (κ1) is 15.6. The maximum absolute atomic E-state index is 12.0. The average Bonchev–Trinajstić information content (AvgIpc) is 2.36. The maximum Gasteiger partial charge on any atom is 0.249 e. The summed E-state index contributed by atoms with van der Waals surface area (Å²) in [6, 6.07) is 0. The lowest BCUT2D eigenvalue weighted by atomic mass is 10.0. The van der Waals surface area contributed by atoms with Gasteiger partial charge in [0, 0.05) is 20.3 Å². The fourth-order valence-electron chi connectivity index (χ4n) is 1.72. The first-order valence-corrected chi connectivity index (χ1v) is 6.24. The number of carbonyl (C=O) groups excluding carboxylic acids is 3. The molecule has 108 valence electrons. The highest BCUT2D eigenvalue weighted by atomic mass is 16.5. The molecule has 0 aromatic rings. The lowest BCUT2D eigenvalue weighted by Gasteiger charge is -2.36. The van der Waals surface area contributed by atoms with Gasteiger partial charge in [-0.2, -0.15) is 0 Å². The van der Waals surface area contributed by atoms with Crippen molar-refractivity contribution in [3.05, 3.63) is 0 Å². The number of hydrogen-bond donors (Lipinski definition) is 2. The van der Waals surface area contributed by atoms with Crippen LogP contribution in [0.3, 0.4) is 0 Å². The van der Waals surface area contributed by atoms with Crippen molar-refractivity contribution in [3.8, 4) is 0 Å².